The Kier molecular flexibility index (Phi) is 11.0. The number of benzene rings is 1. The number of alkyl halides is 1. The van der Waals surface area contributed by atoms with Gasteiger partial charge in [-0.3, -0.25) is 14.4 Å². The molecule has 3 aliphatic rings. The number of rotatable bonds is 14. The van der Waals surface area contributed by atoms with Gasteiger partial charge in [0.2, 0.25) is 17.7 Å². The van der Waals surface area contributed by atoms with Gasteiger partial charge in [-0.05, 0) is 50.0 Å². The molecule has 8 nitrogen and oxygen atoms in total. The molecule has 7 atom stereocenters. The lowest BCUT2D eigenvalue weighted by molar-refractivity contribution is -0.156. The molecule has 0 radical (unpaired) electrons. The molecule has 0 aromatic heterocycles. The third kappa shape index (κ3) is 6.88. The van der Waals surface area contributed by atoms with Gasteiger partial charge in [-0.1, -0.05) is 93.0 Å². The van der Waals surface area contributed by atoms with E-state index in [-0.39, 0.29) is 40.5 Å². The third-order valence-electron chi connectivity index (χ3n) is 9.74. The molecule has 9 heteroatoms. The first kappa shape index (κ1) is 36.3. The van der Waals surface area contributed by atoms with Crippen LogP contribution in [0.3, 0.4) is 0 Å². The van der Waals surface area contributed by atoms with Crippen molar-refractivity contribution >= 4 is 33.7 Å². The summed E-state index contributed by atoms with van der Waals surface area (Å²) >= 11 is 3.81. The Labute approximate surface area is 284 Å². The van der Waals surface area contributed by atoms with Crippen molar-refractivity contribution in [3.63, 3.8) is 0 Å². The second kappa shape index (κ2) is 13.9. The summed E-state index contributed by atoms with van der Waals surface area (Å²) in [5, 5.41) is 10.7. The molecule has 1 aromatic rings. The summed E-state index contributed by atoms with van der Waals surface area (Å²) in [5.41, 5.74) is -0.899. The molecule has 0 saturated carbocycles. The molecule has 3 heterocycles. The monoisotopic (exact) mass is 699 g/mol. The van der Waals surface area contributed by atoms with Crippen molar-refractivity contribution in [2.75, 3.05) is 19.7 Å². The Morgan fingerprint density at radius 2 is 1.74 bits per heavy atom. The minimum Gasteiger partial charge on any atom is -0.394 e. The van der Waals surface area contributed by atoms with E-state index in [4.69, 9.17) is 4.74 Å². The summed E-state index contributed by atoms with van der Waals surface area (Å²) in [5.74, 6) is -2.19. The molecule has 1 aromatic carbocycles. The lowest BCUT2D eigenvalue weighted by Crippen LogP contribution is -2.62. The summed E-state index contributed by atoms with van der Waals surface area (Å²) < 4.78 is 6.85. The molecule has 46 heavy (non-hydrogen) atoms. The van der Waals surface area contributed by atoms with Crippen molar-refractivity contribution in [3.8, 4) is 0 Å². The number of carbonyl (C=O) groups is 3. The summed E-state index contributed by atoms with van der Waals surface area (Å²) in [4.78, 5) is 49.4. The number of halogens is 1. The molecular weight excluding hydrogens is 646 g/mol. The van der Waals surface area contributed by atoms with Crippen LogP contribution in [0.1, 0.15) is 73.3 Å². The molecular formula is C37H54BrN3O5. The average molecular weight is 701 g/mol. The van der Waals surface area contributed by atoms with Gasteiger partial charge in [0.1, 0.15) is 11.6 Å². The zero-order chi connectivity index (χ0) is 34.2. The summed E-state index contributed by atoms with van der Waals surface area (Å²) in [6, 6.07) is 8.15. The lowest BCUT2D eigenvalue weighted by atomic mass is 9.70. The molecule has 3 amide bonds. The van der Waals surface area contributed by atoms with Crippen LogP contribution in [0.2, 0.25) is 0 Å². The largest absolute Gasteiger partial charge is 0.394 e. The SMILES string of the molecule is C=CCN(Cc1ccccc1)C(=O)[C@H]1[C@H]2C(=O)N([C@@H](CO)CC(C)C)C(C(=O)N(CC=C)C(C)(C)CC(C)(C)C)C23CC(Br)[C@@H]1O3. The highest BCUT2D eigenvalue weighted by Gasteiger charge is 2.77. The first-order valence-electron chi connectivity index (χ1n) is 16.6. The van der Waals surface area contributed by atoms with E-state index in [0.717, 1.165) is 5.56 Å². The number of nitrogens with zero attached hydrogens (tertiary/aromatic N) is 3. The first-order chi connectivity index (χ1) is 21.5. The maximum atomic E-state index is 15.1. The standard InChI is InChI=1S/C37H54BrN3O5/c1-10-17-39(21-25-15-13-12-14-16-25)32(43)28-29-33(44)41(26(22-42)19-24(3)4)31(37(29)20-27(38)30(28)46-37)34(45)40(18-11-2)36(8,9)23-35(5,6)7/h10-16,24,26-31,42H,1-2,17-23H2,3-9H3/t26-,27?,28+,29+,30+,31?,37?/m1/s1. The van der Waals surface area contributed by atoms with Crippen molar-refractivity contribution < 1.29 is 24.2 Å². The molecule has 3 fully saturated rings. The summed E-state index contributed by atoms with van der Waals surface area (Å²) in [7, 11) is 0. The van der Waals surface area contributed by atoms with Crippen LogP contribution >= 0.6 is 15.9 Å². The Morgan fingerprint density at radius 3 is 2.28 bits per heavy atom. The summed E-state index contributed by atoms with van der Waals surface area (Å²) in [6.07, 6.45) is 4.48. The van der Waals surface area contributed by atoms with E-state index in [2.05, 4.69) is 63.7 Å². The maximum absolute atomic E-state index is 15.1. The highest BCUT2D eigenvalue weighted by atomic mass is 79.9. The number of aliphatic hydroxyl groups excluding tert-OH is 1. The molecule has 3 aliphatic heterocycles. The van der Waals surface area contributed by atoms with E-state index in [1.165, 1.54) is 0 Å². The maximum Gasteiger partial charge on any atom is 0.249 e. The number of aliphatic hydroxyl groups is 1. The number of ether oxygens (including phenoxy) is 1. The Bertz CT molecular complexity index is 1290. The molecule has 1 N–H and O–H groups in total. The minimum absolute atomic E-state index is 0.0748. The third-order valence-corrected chi connectivity index (χ3v) is 10.6. The highest BCUT2D eigenvalue weighted by Crippen LogP contribution is 2.61. The second-order valence-electron chi connectivity index (χ2n) is 15.7. The van der Waals surface area contributed by atoms with Crippen LogP contribution in [0.25, 0.3) is 0 Å². The Balaban J connectivity index is 1.83. The van der Waals surface area contributed by atoms with E-state index in [9.17, 15) is 14.7 Å². The molecule has 3 unspecified atom stereocenters. The van der Waals surface area contributed by atoms with Crippen molar-refractivity contribution in [2.45, 2.75) is 108 Å². The number of likely N-dealkylation sites (tertiary alicyclic amines) is 1. The van der Waals surface area contributed by atoms with Crippen LogP contribution in [0.15, 0.2) is 55.6 Å². The highest BCUT2D eigenvalue weighted by molar-refractivity contribution is 9.09. The second-order valence-corrected chi connectivity index (χ2v) is 16.8. The van der Waals surface area contributed by atoms with E-state index in [1.807, 2.05) is 49.1 Å². The van der Waals surface area contributed by atoms with E-state index >= 15 is 4.79 Å². The Morgan fingerprint density at radius 1 is 1.11 bits per heavy atom. The first-order valence-corrected chi connectivity index (χ1v) is 17.6. The zero-order valence-corrected chi connectivity index (χ0v) is 30.3. The van der Waals surface area contributed by atoms with Gasteiger partial charge in [-0.15, -0.1) is 13.2 Å². The Hall–Kier alpha value is -2.49. The molecule has 3 saturated heterocycles. The van der Waals surface area contributed by atoms with Gasteiger partial charge in [-0.2, -0.15) is 0 Å². The van der Waals surface area contributed by atoms with E-state index < -0.39 is 41.2 Å². The molecule has 1 spiro atoms. The number of fused-ring (bicyclic) bond motifs is 1. The van der Waals surface area contributed by atoms with Gasteiger partial charge < -0.3 is 24.5 Å². The lowest BCUT2D eigenvalue weighted by Gasteiger charge is -2.46. The van der Waals surface area contributed by atoms with Crippen LogP contribution in [0.5, 0.6) is 0 Å². The zero-order valence-electron chi connectivity index (χ0n) is 28.7. The van der Waals surface area contributed by atoms with Gasteiger partial charge in [-0.25, -0.2) is 0 Å². The van der Waals surface area contributed by atoms with Gasteiger partial charge in [0.15, 0.2) is 0 Å². The van der Waals surface area contributed by atoms with Crippen molar-refractivity contribution in [3.05, 3.63) is 61.2 Å². The molecule has 0 aliphatic carbocycles. The minimum atomic E-state index is -1.22. The van der Waals surface area contributed by atoms with Crippen LogP contribution in [0, 0.1) is 23.2 Å². The summed E-state index contributed by atoms with van der Waals surface area (Å²) in [6.45, 7) is 23.2. The van der Waals surface area contributed by atoms with Gasteiger partial charge in [0, 0.05) is 30.0 Å². The molecule has 4 rings (SSSR count). The fraction of sp³-hybridized carbons (Fsp3) is 0.649. The molecule has 2 bridgehead atoms. The van der Waals surface area contributed by atoms with Gasteiger partial charge >= 0.3 is 0 Å². The van der Waals surface area contributed by atoms with Crippen LogP contribution < -0.4 is 0 Å². The number of hydrogen-bond donors (Lipinski definition) is 1. The van der Waals surface area contributed by atoms with Gasteiger partial charge in [0.05, 0.1) is 30.6 Å². The topological polar surface area (TPSA) is 90.4 Å². The van der Waals surface area contributed by atoms with Crippen LogP contribution in [-0.2, 0) is 25.7 Å². The van der Waals surface area contributed by atoms with Crippen molar-refractivity contribution in [1.82, 2.24) is 14.7 Å². The fourth-order valence-electron chi connectivity index (χ4n) is 8.55. The van der Waals surface area contributed by atoms with E-state index in [0.29, 0.717) is 38.9 Å². The van der Waals surface area contributed by atoms with Crippen molar-refractivity contribution in [2.24, 2.45) is 23.2 Å². The number of amides is 3. The van der Waals surface area contributed by atoms with Crippen LogP contribution in [-0.4, -0.2) is 91.4 Å². The predicted molar refractivity (Wildman–Crippen MR) is 185 cm³/mol. The average Bonchev–Trinajstić information content (AvgIpc) is 3.56. The number of hydrogen-bond acceptors (Lipinski definition) is 5. The van der Waals surface area contributed by atoms with Crippen molar-refractivity contribution in [1.29, 1.82) is 0 Å². The quantitative estimate of drug-likeness (QED) is 0.202. The predicted octanol–water partition coefficient (Wildman–Crippen LogP) is 5.59. The smallest absolute Gasteiger partial charge is 0.249 e. The van der Waals surface area contributed by atoms with E-state index in [1.54, 1.807) is 22.0 Å². The normalized spacial score (nSPS) is 27.9. The molecule has 254 valence electrons. The van der Waals surface area contributed by atoms with Crippen LogP contribution in [0.4, 0.5) is 0 Å². The fourth-order valence-corrected chi connectivity index (χ4v) is 9.49. The van der Waals surface area contributed by atoms with Gasteiger partial charge in [0.25, 0.3) is 0 Å². The number of carbonyl (C=O) groups excluding carboxylic acids is 3.